The van der Waals surface area contributed by atoms with E-state index in [0.717, 1.165) is 12.8 Å². The summed E-state index contributed by atoms with van der Waals surface area (Å²) in [6.07, 6.45) is 7.05. The third-order valence-electron chi connectivity index (χ3n) is 2.72. The van der Waals surface area contributed by atoms with Gasteiger partial charge >= 0.3 is 0 Å². The molecule has 2 N–H and O–H groups in total. The summed E-state index contributed by atoms with van der Waals surface area (Å²) in [7, 11) is 0. The molecule has 0 aliphatic rings. The molecular formula is C13H27NO2. The highest BCUT2D eigenvalue weighted by molar-refractivity contribution is 5.76. The minimum Gasteiger partial charge on any atom is -0.396 e. The standard InChI is InChI=1S/C13H27NO2/c1-4-5-6-7-8-9-12(16)14-13(2,3)10-11-15/h15H,4-11H2,1-3H3,(H,14,16). The molecule has 0 spiro atoms. The van der Waals surface area contributed by atoms with Crippen LogP contribution in [0, 0.1) is 0 Å². The van der Waals surface area contributed by atoms with Crippen LogP contribution in [-0.2, 0) is 4.79 Å². The first-order valence-corrected chi connectivity index (χ1v) is 6.43. The van der Waals surface area contributed by atoms with E-state index in [0.29, 0.717) is 12.8 Å². The van der Waals surface area contributed by atoms with Crippen LogP contribution in [0.3, 0.4) is 0 Å². The van der Waals surface area contributed by atoms with Gasteiger partial charge in [0.1, 0.15) is 0 Å². The fraction of sp³-hybridized carbons (Fsp3) is 0.923. The smallest absolute Gasteiger partial charge is 0.220 e. The fourth-order valence-corrected chi connectivity index (χ4v) is 1.67. The second kappa shape index (κ2) is 8.57. The molecule has 0 bridgehead atoms. The zero-order chi connectivity index (χ0) is 12.4. The van der Waals surface area contributed by atoms with Gasteiger partial charge in [0.15, 0.2) is 0 Å². The van der Waals surface area contributed by atoms with E-state index in [9.17, 15) is 4.79 Å². The summed E-state index contributed by atoms with van der Waals surface area (Å²) >= 11 is 0. The Hall–Kier alpha value is -0.570. The molecule has 96 valence electrons. The maximum absolute atomic E-state index is 11.6. The normalized spacial score (nSPS) is 11.5. The van der Waals surface area contributed by atoms with Crippen molar-refractivity contribution in [3.8, 4) is 0 Å². The number of amides is 1. The largest absolute Gasteiger partial charge is 0.396 e. The Morgan fingerprint density at radius 1 is 1.19 bits per heavy atom. The Kier molecular flexibility index (Phi) is 8.26. The first-order valence-electron chi connectivity index (χ1n) is 6.43. The third-order valence-corrected chi connectivity index (χ3v) is 2.72. The van der Waals surface area contributed by atoms with Gasteiger partial charge in [0, 0.05) is 18.6 Å². The van der Waals surface area contributed by atoms with E-state index in [4.69, 9.17) is 5.11 Å². The predicted molar refractivity (Wildman–Crippen MR) is 67.3 cm³/mol. The number of hydrogen-bond donors (Lipinski definition) is 2. The van der Waals surface area contributed by atoms with Gasteiger partial charge in [-0.05, 0) is 26.7 Å². The van der Waals surface area contributed by atoms with Crippen LogP contribution in [0.4, 0.5) is 0 Å². The van der Waals surface area contributed by atoms with Gasteiger partial charge in [-0.2, -0.15) is 0 Å². The molecule has 3 heteroatoms. The molecule has 0 radical (unpaired) electrons. The summed E-state index contributed by atoms with van der Waals surface area (Å²) in [6, 6.07) is 0. The summed E-state index contributed by atoms with van der Waals surface area (Å²) in [6.45, 7) is 6.18. The van der Waals surface area contributed by atoms with E-state index in [1.54, 1.807) is 0 Å². The lowest BCUT2D eigenvalue weighted by Gasteiger charge is -2.25. The summed E-state index contributed by atoms with van der Waals surface area (Å²) in [4.78, 5) is 11.6. The molecule has 0 unspecified atom stereocenters. The third kappa shape index (κ3) is 8.72. The van der Waals surface area contributed by atoms with Crippen molar-refractivity contribution in [1.82, 2.24) is 5.32 Å². The van der Waals surface area contributed by atoms with Crippen molar-refractivity contribution in [3.05, 3.63) is 0 Å². The zero-order valence-electron chi connectivity index (χ0n) is 11.0. The molecule has 0 saturated heterocycles. The van der Waals surface area contributed by atoms with Crippen LogP contribution in [0.15, 0.2) is 0 Å². The molecule has 0 atom stereocenters. The number of aliphatic hydroxyl groups is 1. The van der Waals surface area contributed by atoms with Crippen molar-refractivity contribution in [2.45, 2.75) is 71.3 Å². The molecule has 0 heterocycles. The zero-order valence-corrected chi connectivity index (χ0v) is 11.0. The van der Waals surface area contributed by atoms with Crippen LogP contribution < -0.4 is 5.32 Å². The molecule has 0 saturated carbocycles. The first-order chi connectivity index (χ1) is 7.52. The van der Waals surface area contributed by atoms with Gasteiger partial charge in [0.25, 0.3) is 0 Å². The maximum atomic E-state index is 11.6. The fourth-order valence-electron chi connectivity index (χ4n) is 1.67. The lowest BCUT2D eigenvalue weighted by atomic mass is 10.0. The second-order valence-electron chi connectivity index (χ2n) is 5.07. The number of carbonyl (C=O) groups excluding carboxylic acids is 1. The van der Waals surface area contributed by atoms with Crippen LogP contribution >= 0.6 is 0 Å². The number of hydrogen-bond acceptors (Lipinski definition) is 2. The van der Waals surface area contributed by atoms with Crippen molar-refractivity contribution in [2.75, 3.05) is 6.61 Å². The Morgan fingerprint density at radius 2 is 1.81 bits per heavy atom. The molecule has 0 aromatic heterocycles. The van der Waals surface area contributed by atoms with Gasteiger partial charge in [0.05, 0.1) is 0 Å². The van der Waals surface area contributed by atoms with Gasteiger partial charge in [-0.3, -0.25) is 4.79 Å². The van der Waals surface area contributed by atoms with E-state index in [1.807, 2.05) is 13.8 Å². The number of unbranched alkanes of at least 4 members (excludes halogenated alkanes) is 4. The van der Waals surface area contributed by atoms with Crippen molar-refractivity contribution < 1.29 is 9.90 Å². The molecule has 0 aromatic carbocycles. The van der Waals surface area contributed by atoms with E-state index >= 15 is 0 Å². The van der Waals surface area contributed by atoms with Crippen LogP contribution in [-0.4, -0.2) is 23.2 Å². The summed E-state index contributed by atoms with van der Waals surface area (Å²) in [5.41, 5.74) is -0.282. The molecule has 0 aliphatic heterocycles. The molecule has 0 fully saturated rings. The topological polar surface area (TPSA) is 49.3 Å². The number of aliphatic hydroxyl groups excluding tert-OH is 1. The molecule has 0 aliphatic carbocycles. The lowest BCUT2D eigenvalue weighted by Crippen LogP contribution is -2.43. The van der Waals surface area contributed by atoms with Crippen molar-refractivity contribution in [2.24, 2.45) is 0 Å². The Bertz CT molecular complexity index is 190. The van der Waals surface area contributed by atoms with Crippen LogP contribution in [0.5, 0.6) is 0 Å². The SMILES string of the molecule is CCCCCCCC(=O)NC(C)(C)CCO. The highest BCUT2D eigenvalue weighted by Gasteiger charge is 2.18. The predicted octanol–water partition coefficient (Wildman–Crippen LogP) is 2.62. The van der Waals surface area contributed by atoms with Gasteiger partial charge in [-0.15, -0.1) is 0 Å². The molecule has 1 amide bonds. The maximum Gasteiger partial charge on any atom is 0.220 e. The lowest BCUT2D eigenvalue weighted by molar-refractivity contribution is -0.122. The molecule has 16 heavy (non-hydrogen) atoms. The van der Waals surface area contributed by atoms with Crippen LogP contribution in [0.1, 0.15) is 65.7 Å². The van der Waals surface area contributed by atoms with Gasteiger partial charge in [-0.25, -0.2) is 0 Å². The Labute approximate surface area is 99.6 Å². The summed E-state index contributed by atoms with van der Waals surface area (Å²) < 4.78 is 0. The molecule has 3 nitrogen and oxygen atoms in total. The minimum absolute atomic E-state index is 0.106. The average Bonchev–Trinajstić information content (AvgIpc) is 2.16. The summed E-state index contributed by atoms with van der Waals surface area (Å²) in [5, 5.41) is 11.8. The van der Waals surface area contributed by atoms with E-state index in [2.05, 4.69) is 12.2 Å². The number of carbonyl (C=O) groups is 1. The van der Waals surface area contributed by atoms with E-state index in [1.165, 1.54) is 19.3 Å². The minimum atomic E-state index is -0.282. The van der Waals surface area contributed by atoms with Crippen molar-refractivity contribution >= 4 is 5.91 Å². The van der Waals surface area contributed by atoms with Gasteiger partial charge in [0.2, 0.25) is 5.91 Å². The van der Waals surface area contributed by atoms with E-state index in [-0.39, 0.29) is 18.1 Å². The number of nitrogens with one attached hydrogen (secondary N) is 1. The monoisotopic (exact) mass is 229 g/mol. The number of rotatable bonds is 9. The molecule has 0 aromatic rings. The van der Waals surface area contributed by atoms with Crippen molar-refractivity contribution in [3.63, 3.8) is 0 Å². The Morgan fingerprint density at radius 3 is 2.38 bits per heavy atom. The van der Waals surface area contributed by atoms with E-state index < -0.39 is 0 Å². The molecule has 0 rings (SSSR count). The first kappa shape index (κ1) is 15.4. The highest BCUT2D eigenvalue weighted by Crippen LogP contribution is 2.09. The van der Waals surface area contributed by atoms with Crippen LogP contribution in [0.2, 0.25) is 0 Å². The highest BCUT2D eigenvalue weighted by atomic mass is 16.3. The summed E-state index contributed by atoms with van der Waals surface area (Å²) in [5.74, 6) is 0.106. The Balaban J connectivity index is 3.58. The quantitative estimate of drug-likeness (QED) is 0.597. The van der Waals surface area contributed by atoms with Crippen molar-refractivity contribution in [1.29, 1.82) is 0 Å². The van der Waals surface area contributed by atoms with Gasteiger partial charge in [-0.1, -0.05) is 32.6 Å². The second-order valence-corrected chi connectivity index (χ2v) is 5.07. The average molecular weight is 229 g/mol. The van der Waals surface area contributed by atoms with Gasteiger partial charge < -0.3 is 10.4 Å². The van der Waals surface area contributed by atoms with Crippen LogP contribution in [0.25, 0.3) is 0 Å². The molecular weight excluding hydrogens is 202 g/mol.